The summed E-state index contributed by atoms with van der Waals surface area (Å²) in [7, 11) is 0. The van der Waals surface area contributed by atoms with E-state index in [2.05, 4.69) is 24.4 Å². The largest absolute Gasteiger partial charge is 0.317 e. The Morgan fingerprint density at radius 3 is 2.56 bits per heavy atom. The highest BCUT2D eigenvalue weighted by atomic mass is 14.9. The van der Waals surface area contributed by atoms with Gasteiger partial charge in [-0.25, -0.2) is 0 Å². The summed E-state index contributed by atoms with van der Waals surface area (Å²) >= 11 is 0. The summed E-state index contributed by atoms with van der Waals surface area (Å²) < 4.78 is 0. The van der Waals surface area contributed by atoms with Crippen LogP contribution in [0.15, 0.2) is 12.2 Å². The Balaban J connectivity index is 2.23. The molecule has 0 aromatic carbocycles. The fourth-order valence-electron chi connectivity index (χ4n) is 1.31. The Kier molecular flexibility index (Phi) is 2.78. The highest BCUT2D eigenvalue weighted by Crippen LogP contribution is 2.11. The van der Waals surface area contributed by atoms with E-state index >= 15 is 0 Å². The van der Waals surface area contributed by atoms with Crippen LogP contribution >= 0.6 is 0 Å². The number of piperidine rings is 1. The highest BCUT2D eigenvalue weighted by Gasteiger charge is 2.07. The van der Waals surface area contributed by atoms with Crippen molar-refractivity contribution < 1.29 is 0 Å². The van der Waals surface area contributed by atoms with Crippen molar-refractivity contribution in [1.29, 1.82) is 0 Å². The van der Waals surface area contributed by atoms with Gasteiger partial charge in [-0.15, -0.1) is 0 Å². The van der Waals surface area contributed by atoms with Gasteiger partial charge in [-0.2, -0.15) is 0 Å². The molecule has 9 heavy (non-hydrogen) atoms. The van der Waals surface area contributed by atoms with Crippen molar-refractivity contribution in [3.63, 3.8) is 0 Å². The molecule has 1 fully saturated rings. The molecule has 0 aromatic heterocycles. The number of hydrogen-bond acceptors (Lipinski definition) is 1. The van der Waals surface area contributed by atoms with Gasteiger partial charge in [0, 0.05) is 0 Å². The van der Waals surface area contributed by atoms with E-state index in [9.17, 15) is 0 Å². The maximum atomic E-state index is 3.34. The second kappa shape index (κ2) is 3.67. The van der Waals surface area contributed by atoms with Crippen molar-refractivity contribution in [3.05, 3.63) is 12.2 Å². The smallest absolute Gasteiger partial charge is 0.00433 e. The van der Waals surface area contributed by atoms with Gasteiger partial charge < -0.3 is 5.32 Å². The highest BCUT2D eigenvalue weighted by molar-refractivity contribution is 4.87. The molecule has 1 aliphatic heterocycles. The van der Waals surface area contributed by atoms with Crippen LogP contribution < -0.4 is 5.32 Å². The van der Waals surface area contributed by atoms with Gasteiger partial charge in [0.2, 0.25) is 0 Å². The summed E-state index contributed by atoms with van der Waals surface area (Å²) in [4.78, 5) is 0. The second-order valence-electron chi connectivity index (χ2n) is 2.61. The number of allylic oxidation sites excluding steroid dienone is 2. The molecule has 52 valence electrons. The van der Waals surface area contributed by atoms with Gasteiger partial charge in [0.1, 0.15) is 0 Å². The van der Waals surface area contributed by atoms with Gasteiger partial charge in [-0.05, 0) is 38.8 Å². The van der Waals surface area contributed by atoms with E-state index < -0.39 is 0 Å². The molecular weight excluding hydrogens is 110 g/mol. The average Bonchev–Trinajstić information content (AvgIpc) is 1.91. The molecule has 0 saturated carbocycles. The molecule has 1 N–H and O–H groups in total. The Morgan fingerprint density at radius 2 is 2.00 bits per heavy atom. The van der Waals surface area contributed by atoms with Crippen molar-refractivity contribution in [2.45, 2.75) is 19.8 Å². The van der Waals surface area contributed by atoms with Gasteiger partial charge in [-0.1, -0.05) is 12.2 Å². The van der Waals surface area contributed by atoms with E-state index in [1.54, 1.807) is 0 Å². The molecule has 0 spiro atoms. The van der Waals surface area contributed by atoms with Crippen LogP contribution in [0, 0.1) is 5.92 Å². The third kappa shape index (κ3) is 2.19. The lowest BCUT2D eigenvalue weighted by atomic mass is 9.98. The Labute approximate surface area is 57.1 Å². The van der Waals surface area contributed by atoms with Crippen LogP contribution in [-0.2, 0) is 0 Å². The van der Waals surface area contributed by atoms with Gasteiger partial charge in [-0.3, -0.25) is 0 Å². The third-order valence-electron chi connectivity index (χ3n) is 1.85. The molecule has 1 nitrogen and oxygen atoms in total. The van der Waals surface area contributed by atoms with Gasteiger partial charge in [0.25, 0.3) is 0 Å². The Hall–Kier alpha value is -0.300. The summed E-state index contributed by atoms with van der Waals surface area (Å²) in [5.74, 6) is 0.858. The minimum Gasteiger partial charge on any atom is -0.317 e. The SMILES string of the molecule is CC=CC1CCNCC1. The molecule has 1 heteroatoms. The van der Waals surface area contributed by atoms with Crippen LogP contribution in [0.4, 0.5) is 0 Å². The quantitative estimate of drug-likeness (QED) is 0.524. The van der Waals surface area contributed by atoms with Crippen LogP contribution in [0.3, 0.4) is 0 Å². The normalized spacial score (nSPS) is 23.2. The van der Waals surface area contributed by atoms with Crippen molar-refractivity contribution in [3.8, 4) is 0 Å². The molecule has 0 atom stereocenters. The molecule has 0 amide bonds. The molecule has 0 aliphatic carbocycles. The fraction of sp³-hybridized carbons (Fsp3) is 0.750. The van der Waals surface area contributed by atoms with E-state index in [1.807, 2.05) is 0 Å². The predicted octanol–water partition coefficient (Wildman–Crippen LogP) is 1.56. The van der Waals surface area contributed by atoms with Crippen LogP contribution in [0.2, 0.25) is 0 Å². The summed E-state index contributed by atoms with van der Waals surface area (Å²) in [6.45, 7) is 4.51. The summed E-state index contributed by atoms with van der Waals surface area (Å²) in [6, 6.07) is 0. The molecule has 0 bridgehead atoms. The van der Waals surface area contributed by atoms with Gasteiger partial charge in [0.15, 0.2) is 0 Å². The van der Waals surface area contributed by atoms with Crippen molar-refractivity contribution in [2.75, 3.05) is 13.1 Å². The van der Waals surface area contributed by atoms with E-state index in [0.29, 0.717) is 0 Å². The molecular formula is C8H15N. The van der Waals surface area contributed by atoms with Gasteiger partial charge in [0.05, 0.1) is 0 Å². The van der Waals surface area contributed by atoms with Crippen LogP contribution in [-0.4, -0.2) is 13.1 Å². The van der Waals surface area contributed by atoms with E-state index in [0.717, 1.165) is 5.92 Å². The lowest BCUT2D eigenvalue weighted by Crippen LogP contribution is -2.26. The first kappa shape index (κ1) is 6.81. The van der Waals surface area contributed by atoms with Crippen molar-refractivity contribution in [1.82, 2.24) is 5.32 Å². The van der Waals surface area contributed by atoms with E-state index in [1.165, 1.54) is 25.9 Å². The number of hydrogen-bond donors (Lipinski definition) is 1. The minimum absolute atomic E-state index is 0.858. The van der Waals surface area contributed by atoms with Crippen molar-refractivity contribution in [2.24, 2.45) is 5.92 Å². The maximum absolute atomic E-state index is 3.34. The summed E-state index contributed by atoms with van der Waals surface area (Å²) in [5, 5.41) is 3.34. The van der Waals surface area contributed by atoms with E-state index in [4.69, 9.17) is 0 Å². The van der Waals surface area contributed by atoms with E-state index in [-0.39, 0.29) is 0 Å². The zero-order valence-electron chi connectivity index (χ0n) is 6.06. The zero-order chi connectivity index (χ0) is 6.53. The lowest BCUT2D eigenvalue weighted by molar-refractivity contribution is 0.436. The van der Waals surface area contributed by atoms with Gasteiger partial charge >= 0.3 is 0 Å². The van der Waals surface area contributed by atoms with Crippen LogP contribution in [0.5, 0.6) is 0 Å². The molecule has 1 heterocycles. The molecule has 0 unspecified atom stereocenters. The topological polar surface area (TPSA) is 12.0 Å². The maximum Gasteiger partial charge on any atom is -0.00433 e. The standard InChI is InChI=1S/C8H15N/c1-2-3-8-4-6-9-7-5-8/h2-3,8-9H,4-7H2,1H3. The van der Waals surface area contributed by atoms with Crippen LogP contribution in [0.25, 0.3) is 0 Å². The average molecular weight is 125 g/mol. The molecule has 0 radical (unpaired) electrons. The second-order valence-corrected chi connectivity index (χ2v) is 2.61. The molecule has 1 rings (SSSR count). The summed E-state index contributed by atoms with van der Waals surface area (Å²) in [5.41, 5.74) is 0. The Morgan fingerprint density at radius 1 is 1.33 bits per heavy atom. The van der Waals surface area contributed by atoms with Crippen LogP contribution in [0.1, 0.15) is 19.8 Å². The zero-order valence-corrected chi connectivity index (χ0v) is 6.06. The first-order valence-electron chi connectivity index (χ1n) is 3.77. The first-order valence-corrected chi connectivity index (χ1v) is 3.77. The van der Waals surface area contributed by atoms with Crippen molar-refractivity contribution >= 4 is 0 Å². The Bertz CT molecular complexity index is 90.7. The fourth-order valence-corrected chi connectivity index (χ4v) is 1.31. The summed E-state index contributed by atoms with van der Waals surface area (Å²) in [6.07, 6.45) is 7.13. The molecule has 0 aromatic rings. The lowest BCUT2D eigenvalue weighted by Gasteiger charge is -2.18. The third-order valence-corrected chi connectivity index (χ3v) is 1.85. The monoisotopic (exact) mass is 125 g/mol. The number of nitrogens with one attached hydrogen (secondary N) is 1. The molecule has 1 aliphatic rings. The minimum atomic E-state index is 0.858. The predicted molar refractivity (Wildman–Crippen MR) is 40.4 cm³/mol. The first-order chi connectivity index (χ1) is 4.43. The molecule has 1 saturated heterocycles. The number of rotatable bonds is 1.